The molecule has 1 N–H and O–H groups in total. The van der Waals surface area contributed by atoms with Gasteiger partial charge in [-0.1, -0.05) is 18.2 Å². The number of hydrogen-bond acceptors (Lipinski definition) is 7. The predicted octanol–water partition coefficient (Wildman–Crippen LogP) is 6.74. The molecule has 2 unspecified atom stereocenters. The van der Waals surface area contributed by atoms with Crippen LogP contribution < -0.4 is 9.64 Å². The number of aromatic nitrogens is 3. The van der Waals surface area contributed by atoms with Crippen molar-refractivity contribution in [2.75, 3.05) is 37.7 Å². The monoisotopic (exact) mass is 603 g/mol. The summed E-state index contributed by atoms with van der Waals surface area (Å²) in [6, 6.07) is 8.03. The zero-order chi connectivity index (χ0) is 30.0. The Bertz CT molecular complexity index is 1730. The molecule has 4 fully saturated rings. The quantitative estimate of drug-likeness (QED) is 0.251. The Balaban J connectivity index is 1.27. The van der Waals surface area contributed by atoms with Crippen LogP contribution in [0.2, 0.25) is 0 Å². The summed E-state index contributed by atoms with van der Waals surface area (Å²) in [6.07, 6.45) is 6.51. The maximum absolute atomic E-state index is 16.8. The number of piperidine rings is 1. The van der Waals surface area contributed by atoms with E-state index in [0.29, 0.717) is 46.0 Å². The molecule has 0 radical (unpaired) electrons. The number of phenolic OH excluding ortho intramolecular Hbond substituents is 1. The number of rotatable bonds is 7. The molecule has 0 spiro atoms. The van der Waals surface area contributed by atoms with Crippen LogP contribution in [-0.4, -0.2) is 69.7 Å². The Kier molecular flexibility index (Phi) is 6.81. The highest BCUT2D eigenvalue weighted by molar-refractivity contribution is 6.01. The number of ether oxygens (including phenoxy) is 1. The van der Waals surface area contributed by atoms with Crippen molar-refractivity contribution in [1.29, 1.82) is 0 Å². The fraction of sp³-hybridized carbons (Fsp3) is 0.500. The fourth-order valence-corrected chi connectivity index (χ4v) is 8.57. The van der Waals surface area contributed by atoms with E-state index in [2.05, 4.69) is 19.8 Å². The molecule has 1 aliphatic carbocycles. The number of nitrogens with zero attached hydrogens (tertiary/aromatic N) is 5. The molecule has 10 heteroatoms. The van der Waals surface area contributed by atoms with Gasteiger partial charge in [-0.05, 0) is 98.3 Å². The maximum atomic E-state index is 16.8. The largest absolute Gasteiger partial charge is 0.508 e. The van der Waals surface area contributed by atoms with E-state index in [0.717, 1.165) is 51.9 Å². The van der Waals surface area contributed by atoms with Crippen LogP contribution in [0.3, 0.4) is 0 Å². The number of anilines is 1. The first-order valence-electron chi connectivity index (χ1n) is 15.9. The first kappa shape index (κ1) is 27.9. The van der Waals surface area contributed by atoms with E-state index < -0.39 is 18.7 Å². The molecule has 2 atom stereocenters. The smallest absolute Gasteiger partial charge is 0.319 e. The minimum Gasteiger partial charge on any atom is -0.508 e. The average Bonchev–Trinajstić information content (AvgIpc) is 3.69. The van der Waals surface area contributed by atoms with Crippen LogP contribution in [0.25, 0.3) is 32.9 Å². The standard InChI is InChI=1S/C34H36F3N5O2/c35-27(36)14-23-5-1-4-22-13-24(43)15-25(28(22)23)30-29(37)31-26(16-38-30)32(41-17-20-6-7-21(12-20)18-41)40-33(39-31)44-19-34-8-2-10-42(34)11-3-9-34/h1,4-5,13,15-16,20-21,27,43H,2-3,6-12,14,17-19H2. The third-order valence-corrected chi connectivity index (χ3v) is 10.5. The summed E-state index contributed by atoms with van der Waals surface area (Å²) in [4.78, 5) is 18.8. The topological polar surface area (TPSA) is 74.6 Å². The van der Waals surface area contributed by atoms with Gasteiger partial charge in [0.2, 0.25) is 6.43 Å². The molecule has 5 heterocycles. The number of alkyl halides is 2. The normalized spacial score (nSPS) is 22.9. The van der Waals surface area contributed by atoms with Crippen LogP contribution in [0.1, 0.15) is 50.5 Å². The Morgan fingerprint density at radius 3 is 2.57 bits per heavy atom. The van der Waals surface area contributed by atoms with E-state index in [1.165, 1.54) is 31.4 Å². The second kappa shape index (κ2) is 10.8. The first-order valence-corrected chi connectivity index (χ1v) is 15.9. The van der Waals surface area contributed by atoms with Gasteiger partial charge in [-0.3, -0.25) is 9.88 Å². The van der Waals surface area contributed by atoms with Gasteiger partial charge in [-0.2, -0.15) is 9.97 Å². The Morgan fingerprint density at radius 2 is 1.82 bits per heavy atom. The van der Waals surface area contributed by atoms with Crippen LogP contribution in [0.4, 0.5) is 19.0 Å². The van der Waals surface area contributed by atoms with Gasteiger partial charge < -0.3 is 14.7 Å². The summed E-state index contributed by atoms with van der Waals surface area (Å²) in [6.45, 7) is 4.28. The van der Waals surface area contributed by atoms with Crippen LogP contribution in [0.5, 0.6) is 11.8 Å². The van der Waals surface area contributed by atoms with Crippen LogP contribution in [-0.2, 0) is 6.42 Å². The van der Waals surface area contributed by atoms with E-state index >= 15 is 4.39 Å². The molecule has 4 aromatic rings. The second-order valence-corrected chi connectivity index (χ2v) is 13.3. The van der Waals surface area contributed by atoms with Gasteiger partial charge >= 0.3 is 6.01 Å². The molecule has 0 amide bonds. The van der Waals surface area contributed by atoms with Gasteiger partial charge in [-0.15, -0.1) is 0 Å². The van der Waals surface area contributed by atoms with Crippen molar-refractivity contribution >= 4 is 27.5 Å². The molecule has 7 nitrogen and oxygen atoms in total. The number of pyridine rings is 1. The summed E-state index contributed by atoms with van der Waals surface area (Å²) in [5.41, 5.74) is 0.628. The Morgan fingerprint density at radius 1 is 1.05 bits per heavy atom. The number of phenols is 1. The number of hydrogen-bond donors (Lipinski definition) is 1. The van der Waals surface area contributed by atoms with Crippen molar-refractivity contribution in [2.45, 2.75) is 63.3 Å². The van der Waals surface area contributed by atoms with Crippen molar-refractivity contribution in [3.8, 4) is 23.0 Å². The zero-order valence-electron chi connectivity index (χ0n) is 24.6. The van der Waals surface area contributed by atoms with Crippen molar-refractivity contribution < 1.29 is 23.0 Å². The lowest BCUT2D eigenvalue weighted by atomic mass is 9.94. The van der Waals surface area contributed by atoms with Crippen LogP contribution in [0, 0.1) is 17.7 Å². The number of aromatic hydroxyl groups is 1. The Hall–Kier alpha value is -3.66. The van der Waals surface area contributed by atoms with Gasteiger partial charge in [0.05, 0.1) is 10.9 Å². The molecule has 2 aromatic heterocycles. The predicted molar refractivity (Wildman–Crippen MR) is 163 cm³/mol. The molecule has 4 aliphatic rings. The highest BCUT2D eigenvalue weighted by Crippen LogP contribution is 2.43. The van der Waals surface area contributed by atoms with Gasteiger partial charge in [0.15, 0.2) is 5.82 Å². The third-order valence-electron chi connectivity index (χ3n) is 10.5. The van der Waals surface area contributed by atoms with Gasteiger partial charge in [0.25, 0.3) is 0 Å². The SMILES string of the molecule is Oc1cc(-c2ncc3c(N4CC5CCC(C5)C4)nc(OCC45CCCN4CCC5)nc3c2F)c2c(CC(F)F)cccc2c1. The van der Waals surface area contributed by atoms with E-state index in [1.807, 2.05) is 0 Å². The van der Waals surface area contributed by atoms with E-state index in [-0.39, 0.29) is 34.1 Å². The highest BCUT2D eigenvalue weighted by atomic mass is 19.3. The minimum atomic E-state index is -2.58. The molecule has 44 heavy (non-hydrogen) atoms. The lowest BCUT2D eigenvalue weighted by Gasteiger charge is -2.34. The molecule has 3 aliphatic heterocycles. The van der Waals surface area contributed by atoms with Crippen LogP contribution in [0.15, 0.2) is 36.5 Å². The van der Waals surface area contributed by atoms with E-state index in [1.54, 1.807) is 24.4 Å². The molecular weight excluding hydrogens is 567 g/mol. The molecule has 230 valence electrons. The van der Waals surface area contributed by atoms with Crippen molar-refractivity contribution in [1.82, 2.24) is 19.9 Å². The molecule has 2 bridgehead atoms. The van der Waals surface area contributed by atoms with Crippen molar-refractivity contribution in [2.24, 2.45) is 11.8 Å². The lowest BCUT2D eigenvalue weighted by molar-refractivity contribution is 0.108. The van der Waals surface area contributed by atoms with E-state index in [9.17, 15) is 13.9 Å². The molecule has 2 aromatic carbocycles. The van der Waals surface area contributed by atoms with Gasteiger partial charge in [-0.25, -0.2) is 13.2 Å². The highest BCUT2D eigenvalue weighted by Gasteiger charge is 2.45. The van der Waals surface area contributed by atoms with Crippen molar-refractivity contribution in [3.63, 3.8) is 0 Å². The fourth-order valence-electron chi connectivity index (χ4n) is 8.57. The van der Waals surface area contributed by atoms with Crippen LogP contribution >= 0.6 is 0 Å². The van der Waals surface area contributed by atoms with Crippen molar-refractivity contribution in [3.05, 3.63) is 47.9 Å². The third kappa shape index (κ3) is 4.73. The number of benzene rings is 2. The molecule has 1 saturated carbocycles. The van der Waals surface area contributed by atoms with Gasteiger partial charge in [0, 0.05) is 31.3 Å². The van der Waals surface area contributed by atoms with E-state index in [4.69, 9.17) is 9.72 Å². The molecular formula is C34H36F3N5O2. The lowest BCUT2D eigenvalue weighted by Crippen LogP contribution is -2.43. The number of halogens is 3. The average molecular weight is 604 g/mol. The molecule has 3 saturated heterocycles. The summed E-state index contributed by atoms with van der Waals surface area (Å²) >= 11 is 0. The number of fused-ring (bicyclic) bond motifs is 5. The minimum absolute atomic E-state index is 0.0216. The summed E-state index contributed by atoms with van der Waals surface area (Å²) in [7, 11) is 0. The molecule has 8 rings (SSSR count). The second-order valence-electron chi connectivity index (χ2n) is 13.3. The van der Waals surface area contributed by atoms with Gasteiger partial charge in [0.1, 0.15) is 29.4 Å². The summed E-state index contributed by atoms with van der Waals surface area (Å²) in [5.74, 6) is 1.01. The maximum Gasteiger partial charge on any atom is 0.319 e. The Labute approximate surface area is 254 Å². The summed E-state index contributed by atoms with van der Waals surface area (Å²) < 4.78 is 50.3. The first-order chi connectivity index (χ1) is 21.4. The summed E-state index contributed by atoms with van der Waals surface area (Å²) in [5, 5.41) is 12.0. The zero-order valence-corrected chi connectivity index (χ0v) is 24.6.